The zero-order valence-corrected chi connectivity index (χ0v) is 14.7. The summed E-state index contributed by atoms with van der Waals surface area (Å²) in [5.41, 5.74) is 2.25. The minimum absolute atomic E-state index is 0.0797. The molecular formula is C19H20ClN3O2. The number of rotatable bonds is 5. The fourth-order valence-electron chi connectivity index (χ4n) is 2.43. The van der Waals surface area contributed by atoms with Crippen LogP contribution < -0.4 is 10.6 Å². The lowest BCUT2D eigenvalue weighted by atomic mass is 10.1. The van der Waals surface area contributed by atoms with Crippen molar-refractivity contribution in [3.8, 4) is 0 Å². The average Bonchev–Trinajstić information content (AvgIpc) is 3.40. The molecule has 5 nitrogen and oxygen atoms in total. The van der Waals surface area contributed by atoms with E-state index in [-0.39, 0.29) is 11.9 Å². The van der Waals surface area contributed by atoms with E-state index in [0.717, 1.165) is 18.4 Å². The second-order valence-electron chi connectivity index (χ2n) is 6.24. The maximum absolute atomic E-state index is 12.5. The van der Waals surface area contributed by atoms with Crippen molar-refractivity contribution in [1.82, 2.24) is 10.2 Å². The van der Waals surface area contributed by atoms with E-state index in [2.05, 4.69) is 10.6 Å². The van der Waals surface area contributed by atoms with E-state index in [9.17, 15) is 9.59 Å². The Balaban J connectivity index is 1.57. The molecule has 0 spiro atoms. The van der Waals surface area contributed by atoms with Gasteiger partial charge in [-0.25, -0.2) is 4.79 Å². The van der Waals surface area contributed by atoms with Crippen molar-refractivity contribution in [2.75, 3.05) is 12.4 Å². The van der Waals surface area contributed by atoms with Crippen LogP contribution in [0.15, 0.2) is 48.5 Å². The van der Waals surface area contributed by atoms with Gasteiger partial charge in [0.05, 0.1) is 0 Å². The molecule has 0 aromatic heterocycles. The Morgan fingerprint density at radius 2 is 1.72 bits per heavy atom. The summed E-state index contributed by atoms with van der Waals surface area (Å²) in [5, 5.41) is 6.29. The Kier molecular flexibility index (Phi) is 5.24. The molecule has 0 aliphatic heterocycles. The molecule has 0 radical (unpaired) electrons. The Morgan fingerprint density at radius 1 is 1.08 bits per heavy atom. The summed E-state index contributed by atoms with van der Waals surface area (Å²) in [6.45, 7) is 0.500. The zero-order valence-electron chi connectivity index (χ0n) is 14.0. The molecule has 3 amide bonds. The lowest BCUT2D eigenvalue weighted by Crippen LogP contribution is -2.30. The molecule has 1 fully saturated rings. The van der Waals surface area contributed by atoms with Gasteiger partial charge in [0, 0.05) is 35.9 Å². The van der Waals surface area contributed by atoms with Crippen molar-refractivity contribution in [2.45, 2.75) is 25.4 Å². The number of benzene rings is 2. The minimum atomic E-state index is -0.207. The monoisotopic (exact) mass is 357 g/mol. The lowest BCUT2D eigenvalue weighted by Gasteiger charge is -2.17. The first-order valence-electron chi connectivity index (χ1n) is 8.19. The summed E-state index contributed by atoms with van der Waals surface area (Å²) in [6.07, 6.45) is 2.08. The number of urea groups is 1. The van der Waals surface area contributed by atoms with Crippen LogP contribution in [0.3, 0.4) is 0 Å². The first-order chi connectivity index (χ1) is 12.0. The molecule has 25 heavy (non-hydrogen) atoms. The minimum Gasteiger partial charge on any atom is -0.337 e. The molecule has 1 aliphatic carbocycles. The second kappa shape index (κ2) is 7.57. The molecule has 0 saturated heterocycles. The predicted molar refractivity (Wildman–Crippen MR) is 98.9 cm³/mol. The van der Waals surface area contributed by atoms with Crippen molar-refractivity contribution in [1.29, 1.82) is 0 Å². The number of hydrogen-bond donors (Lipinski definition) is 2. The van der Waals surface area contributed by atoms with Crippen LogP contribution in [-0.4, -0.2) is 29.9 Å². The summed E-state index contributed by atoms with van der Waals surface area (Å²) in [4.78, 5) is 25.9. The molecule has 2 aromatic rings. The van der Waals surface area contributed by atoms with Gasteiger partial charge in [0.1, 0.15) is 0 Å². The fraction of sp³-hybridized carbons (Fsp3) is 0.263. The summed E-state index contributed by atoms with van der Waals surface area (Å²) >= 11 is 5.87. The largest absolute Gasteiger partial charge is 0.337 e. The molecular weight excluding hydrogens is 338 g/mol. The number of carbonyl (C=O) groups excluding carboxylic acids is 2. The Bertz CT molecular complexity index is 755. The summed E-state index contributed by atoms with van der Waals surface area (Å²) in [6, 6.07) is 14.4. The van der Waals surface area contributed by atoms with E-state index in [1.807, 2.05) is 24.3 Å². The number of carbonyl (C=O) groups is 2. The van der Waals surface area contributed by atoms with E-state index in [1.165, 1.54) is 0 Å². The van der Waals surface area contributed by atoms with Gasteiger partial charge >= 0.3 is 6.03 Å². The summed E-state index contributed by atoms with van der Waals surface area (Å²) in [5.74, 6) is -0.0797. The van der Waals surface area contributed by atoms with Crippen LogP contribution in [0, 0.1) is 0 Å². The highest BCUT2D eigenvalue weighted by Crippen LogP contribution is 2.19. The number of amides is 3. The van der Waals surface area contributed by atoms with Crippen LogP contribution >= 0.6 is 11.6 Å². The highest BCUT2D eigenvalue weighted by Gasteiger charge is 2.23. The van der Waals surface area contributed by atoms with Gasteiger partial charge in [-0.3, -0.25) is 4.79 Å². The van der Waals surface area contributed by atoms with Crippen LogP contribution in [-0.2, 0) is 6.54 Å². The van der Waals surface area contributed by atoms with Gasteiger partial charge in [-0.2, -0.15) is 0 Å². The van der Waals surface area contributed by atoms with Gasteiger partial charge < -0.3 is 15.5 Å². The third kappa shape index (κ3) is 4.97. The normalized spacial score (nSPS) is 13.2. The van der Waals surface area contributed by atoms with Crippen LogP contribution in [0.2, 0.25) is 5.02 Å². The lowest BCUT2D eigenvalue weighted by molar-refractivity contribution is 0.0785. The van der Waals surface area contributed by atoms with Crippen LogP contribution in [0.25, 0.3) is 0 Å². The van der Waals surface area contributed by atoms with Gasteiger partial charge in [-0.15, -0.1) is 0 Å². The standard InChI is InChI=1S/C19H20ClN3O2/c1-23(12-13-2-6-15(20)7-3-13)18(24)14-4-8-16(9-5-14)21-19(25)22-17-10-11-17/h2-9,17H,10-12H2,1H3,(H2,21,22,25). The maximum Gasteiger partial charge on any atom is 0.319 e. The van der Waals surface area contributed by atoms with Crippen LogP contribution in [0.1, 0.15) is 28.8 Å². The quantitative estimate of drug-likeness (QED) is 0.852. The van der Waals surface area contributed by atoms with Gasteiger partial charge in [-0.05, 0) is 54.8 Å². The molecule has 2 N–H and O–H groups in total. The molecule has 2 aromatic carbocycles. The zero-order chi connectivity index (χ0) is 17.8. The Morgan fingerprint density at radius 3 is 2.32 bits per heavy atom. The third-order valence-electron chi connectivity index (χ3n) is 3.98. The second-order valence-corrected chi connectivity index (χ2v) is 6.67. The molecule has 6 heteroatoms. The number of anilines is 1. The summed E-state index contributed by atoms with van der Waals surface area (Å²) in [7, 11) is 1.76. The Labute approximate surface area is 152 Å². The Hall–Kier alpha value is -2.53. The van der Waals surface area contributed by atoms with Gasteiger partial charge in [0.25, 0.3) is 5.91 Å². The smallest absolute Gasteiger partial charge is 0.319 e. The van der Waals surface area contributed by atoms with Crippen molar-refractivity contribution in [2.24, 2.45) is 0 Å². The third-order valence-corrected chi connectivity index (χ3v) is 4.23. The fourth-order valence-corrected chi connectivity index (χ4v) is 2.56. The predicted octanol–water partition coefficient (Wildman–Crippen LogP) is 3.90. The van der Waals surface area contributed by atoms with E-state index < -0.39 is 0 Å². The van der Waals surface area contributed by atoms with E-state index >= 15 is 0 Å². The molecule has 0 unspecified atom stereocenters. The molecule has 0 bridgehead atoms. The average molecular weight is 358 g/mol. The van der Waals surface area contributed by atoms with Gasteiger partial charge in [-0.1, -0.05) is 23.7 Å². The van der Waals surface area contributed by atoms with E-state index in [1.54, 1.807) is 36.2 Å². The van der Waals surface area contributed by atoms with Crippen molar-refractivity contribution in [3.05, 3.63) is 64.7 Å². The van der Waals surface area contributed by atoms with Crippen LogP contribution in [0.4, 0.5) is 10.5 Å². The molecule has 130 valence electrons. The highest BCUT2D eigenvalue weighted by molar-refractivity contribution is 6.30. The van der Waals surface area contributed by atoms with Crippen LogP contribution in [0.5, 0.6) is 0 Å². The highest BCUT2D eigenvalue weighted by atomic mass is 35.5. The van der Waals surface area contributed by atoms with Crippen molar-refractivity contribution in [3.63, 3.8) is 0 Å². The first-order valence-corrected chi connectivity index (χ1v) is 8.56. The molecule has 3 rings (SSSR count). The van der Waals surface area contributed by atoms with E-state index in [4.69, 9.17) is 11.6 Å². The van der Waals surface area contributed by atoms with E-state index in [0.29, 0.717) is 28.9 Å². The van der Waals surface area contributed by atoms with Gasteiger partial charge in [0.15, 0.2) is 0 Å². The molecule has 1 saturated carbocycles. The number of hydrogen-bond acceptors (Lipinski definition) is 2. The molecule has 1 aliphatic rings. The number of nitrogens with one attached hydrogen (secondary N) is 2. The maximum atomic E-state index is 12.5. The molecule has 0 atom stereocenters. The van der Waals surface area contributed by atoms with Gasteiger partial charge in [0.2, 0.25) is 0 Å². The molecule has 0 heterocycles. The summed E-state index contributed by atoms with van der Waals surface area (Å²) < 4.78 is 0. The number of halogens is 1. The number of nitrogens with zero attached hydrogens (tertiary/aromatic N) is 1. The SMILES string of the molecule is CN(Cc1ccc(Cl)cc1)C(=O)c1ccc(NC(=O)NC2CC2)cc1. The first kappa shape index (κ1) is 17.3. The van der Waals surface area contributed by atoms with Crippen molar-refractivity contribution < 1.29 is 9.59 Å². The topological polar surface area (TPSA) is 61.4 Å². The van der Waals surface area contributed by atoms with Crippen molar-refractivity contribution >= 4 is 29.2 Å².